The van der Waals surface area contributed by atoms with Crippen LogP contribution in [-0.2, 0) is 9.53 Å². The van der Waals surface area contributed by atoms with Crippen molar-refractivity contribution in [2.75, 3.05) is 13.2 Å². The molecule has 0 N–H and O–H groups in total. The van der Waals surface area contributed by atoms with Gasteiger partial charge in [-0.3, -0.25) is 4.79 Å². The summed E-state index contributed by atoms with van der Waals surface area (Å²) >= 11 is 1.56. The van der Waals surface area contributed by atoms with Gasteiger partial charge in [0.2, 0.25) is 0 Å². The molecule has 30 heavy (non-hydrogen) atoms. The van der Waals surface area contributed by atoms with Gasteiger partial charge >= 0.3 is 5.97 Å². The number of hydrogen-bond acceptors (Lipinski definition) is 5. The van der Waals surface area contributed by atoms with E-state index in [-0.39, 0.29) is 18.6 Å². The van der Waals surface area contributed by atoms with Crippen molar-refractivity contribution in [2.24, 2.45) is 0 Å². The summed E-state index contributed by atoms with van der Waals surface area (Å²) in [5, 5.41) is 6.59. The fourth-order valence-corrected chi connectivity index (χ4v) is 4.56. The van der Waals surface area contributed by atoms with Crippen LogP contribution in [0, 0.1) is 0 Å². The first-order valence-electron chi connectivity index (χ1n) is 10.3. The molecule has 4 rings (SSSR count). The zero-order valence-corrected chi connectivity index (χ0v) is 17.8. The van der Waals surface area contributed by atoms with Crippen molar-refractivity contribution in [1.29, 1.82) is 0 Å². The molecule has 1 amide bonds. The highest BCUT2D eigenvalue weighted by Crippen LogP contribution is 2.26. The van der Waals surface area contributed by atoms with Crippen LogP contribution in [0.25, 0.3) is 16.3 Å². The van der Waals surface area contributed by atoms with Gasteiger partial charge in [-0.25, -0.2) is 9.48 Å². The van der Waals surface area contributed by atoms with Gasteiger partial charge < -0.3 is 9.64 Å². The third kappa shape index (κ3) is 4.31. The maximum Gasteiger partial charge on any atom is 0.357 e. The number of carbonyl (C=O) groups is 2. The summed E-state index contributed by atoms with van der Waals surface area (Å²) in [6.07, 6.45) is 4.08. The molecule has 2 aromatic heterocycles. The molecule has 3 aromatic rings. The van der Waals surface area contributed by atoms with Crippen LogP contribution in [0.4, 0.5) is 0 Å². The molecule has 7 heteroatoms. The molecule has 6 nitrogen and oxygen atoms in total. The molecule has 1 fully saturated rings. The highest BCUT2D eigenvalue weighted by Gasteiger charge is 2.27. The first-order chi connectivity index (χ1) is 14.7. The summed E-state index contributed by atoms with van der Waals surface area (Å²) in [5.41, 5.74) is 1.78. The monoisotopic (exact) mass is 423 g/mol. The molecular weight excluding hydrogens is 398 g/mol. The lowest BCUT2D eigenvalue weighted by molar-refractivity contribution is -0.138. The van der Waals surface area contributed by atoms with Gasteiger partial charge in [0, 0.05) is 18.7 Å². The second-order valence-corrected chi connectivity index (χ2v) is 8.31. The van der Waals surface area contributed by atoms with E-state index in [0.717, 1.165) is 42.8 Å². The van der Waals surface area contributed by atoms with Crippen molar-refractivity contribution >= 4 is 23.2 Å². The van der Waals surface area contributed by atoms with E-state index in [4.69, 9.17) is 4.74 Å². The second kappa shape index (κ2) is 9.26. The van der Waals surface area contributed by atoms with Crippen molar-refractivity contribution in [2.45, 2.75) is 38.6 Å². The summed E-state index contributed by atoms with van der Waals surface area (Å²) < 4.78 is 7.02. The number of thiophene rings is 1. The fourth-order valence-electron chi connectivity index (χ4n) is 3.87. The number of nitrogens with zero attached hydrogens (tertiary/aromatic N) is 3. The maximum atomic E-state index is 12.9. The molecule has 0 spiro atoms. The SMILES string of the molecule is CC[C@@H]1CCCCN1C(=O)COC(=O)c1cc(-c2cccs2)nn1-c1ccccc1. The minimum absolute atomic E-state index is 0.126. The van der Waals surface area contributed by atoms with Gasteiger partial charge in [-0.2, -0.15) is 5.10 Å². The Morgan fingerprint density at radius 2 is 2.00 bits per heavy atom. The Bertz CT molecular complexity index is 998. The number of ether oxygens (including phenoxy) is 1. The first-order valence-corrected chi connectivity index (χ1v) is 11.2. The van der Waals surface area contributed by atoms with Crippen molar-refractivity contribution < 1.29 is 14.3 Å². The van der Waals surface area contributed by atoms with Gasteiger partial charge in [-0.15, -0.1) is 11.3 Å². The van der Waals surface area contributed by atoms with Crippen molar-refractivity contribution in [1.82, 2.24) is 14.7 Å². The molecular formula is C23H25N3O3S. The summed E-state index contributed by atoms with van der Waals surface area (Å²) in [6.45, 7) is 2.58. The van der Waals surface area contributed by atoms with Crippen LogP contribution in [0.5, 0.6) is 0 Å². The number of para-hydroxylation sites is 1. The molecule has 1 saturated heterocycles. The average Bonchev–Trinajstić information content (AvgIpc) is 3.48. The van der Waals surface area contributed by atoms with Crippen LogP contribution in [0.3, 0.4) is 0 Å². The number of amides is 1. The molecule has 1 aliphatic heterocycles. The van der Waals surface area contributed by atoms with Crippen LogP contribution in [0.1, 0.15) is 43.1 Å². The smallest absolute Gasteiger partial charge is 0.357 e. The Morgan fingerprint density at radius 3 is 2.73 bits per heavy atom. The lowest BCUT2D eigenvalue weighted by Gasteiger charge is -2.35. The molecule has 0 bridgehead atoms. The van der Waals surface area contributed by atoms with Gasteiger partial charge in [0.1, 0.15) is 5.69 Å². The minimum atomic E-state index is -0.549. The summed E-state index contributed by atoms with van der Waals surface area (Å²) in [5.74, 6) is -0.674. The van der Waals surface area contributed by atoms with Gasteiger partial charge in [0.15, 0.2) is 12.3 Å². The zero-order valence-electron chi connectivity index (χ0n) is 17.0. The molecule has 156 valence electrons. The van der Waals surface area contributed by atoms with Gasteiger partial charge in [-0.1, -0.05) is 31.2 Å². The second-order valence-electron chi connectivity index (χ2n) is 7.36. The van der Waals surface area contributed by atoms with Crippen LogP contribution >= 0.6 is 11.3 Å². The third-order valence-corrected chi connectivity index (χ3v) is 6.33. The van der Waals surface area contributed by atoms with E-state index in [0.29, 0.717) is 11.4 Å². The van der Waals surface area contributed by atoms with Crippen molar-refractivity contribution in [3.8, 4) is 16.3 Å². The Kier molecular flexibility index (Phi) is 6.28. The quantitative estimate of drug-likeness (QED) is 0.546. The number of piperidine rings is 1. The van der Waals surface area contributed by atoms with E-state index in [9.17, 15) is 9.59 Å². The summed E-state index contributed by atoms with van der Waals surface area (Å²) in [4.78, 5) is 28.4. The fraction of sp³-hybridized carbons (Fsp3) is 0.348. The average molecular weight is 424 g/mol. The van der Waals surface area contributed by atoms with Gasteiger partial charge in [0.25, 0.3) is 5.91 Å². The molecule has 0 aliphatic carbocycles. The maximum absolute atomic E-state index is 12.9. The molecule has 1 atom stereocenters. The number of esters is 1. The standard InChI is InChI=1S/C23H25N3O3S/c1-2-17-9-6-7-13-25(17)22(27)16-29-23(28)20-15-19(21-12-8-14-30-21)24-26(20)18-10-4-3-5-11-18/h3-5,8,10-12,14-15,17H,2,6-7,9,13,16H2,1H3/t17-/m1/s1. The molecule has 1 aromatic carbocycles. The van der Waals surface area contributed by atoms with Gasteiger partial charge in [0.05, 0.1) is 10.6 Å². The molecule has 3 heterocycles. The van der Waals surface area contributed by atoms with Crippen LogP contribution in [0.2, 0.25) is 0 Å². The van der Waals surface area contributed by atoms with Crippen LogP contribution < -0.4 is 0 Å². The van der Waals surface area contributed by atoms with E-state index >= 15 is 0 Å². The highest BCUT2D eigenvalue weighted by atomic mass is 32.1. The Morgan fingerprint density at radius 1 is 1.17 bits per heavy atom. The number of carbonyl (C=O) groups excluding carboxylic acids is 2. The van der Waals surface area contributed by atoms with E-state index in [2.05, 4.69) is 12.0 Å². The lowest BCUT2D eigenvalue weighted by Crippen LogP contribution is -2.45. The zero-order chi connectivity index (χ0) is 20.9. The molecule has 0 unspecified atom stereocenters. The number of rotatable bonds is 6. The Balaban J connectivity index is 1.53. The number of benzene rings is 1. The van der Waals surface area contributed by atoms with E-state index < -0.39 is 5.97 Å². The van der Waals surface area contributed by atoms with Crippen molar-refractivity contribution in [3.63, 3.8) is 0 Å². The van der Waals surface area contributed by atoms with Crippen molar-refractivity contribution in [3.05, 3.63) is 59.6 Å². The van der Waals surface area contributed by atoms with E-state index in [1.807, 2.05) is 52.7 Å². The summed E-state index contributed by atoms with van der Waals surface area (Å²) in [7, 11) is 0. The Labute approximate surface area is 180 Å². The van der Waals surface area contributed by atoms with E-state index in [1.54, 1.807) is 22.1 Å². The van der Waals surface area contributed by atoms with Crippen LogP contribution in [-0.4, -0.2) is 45.8 Å². The van der Waals surface area contributed by atoms with Crippen LogP contribution in [0.15, 0.2) is 53.9 Å². The largest absolute Gasteiger partial charge is 0.451 e. The highest BCUT2D eigenvalue weighted by molar-refractivity contribution is 7.13. The molecule has 0 radical (unpaired) electrons. The third-order valence-electron chi connectivity index (χ3n) is 5.44. The Hall–Kier alpha value is -2.93. The normalized spacial score (nSPS) is 16.4. The lowest BCUT2D eigenvalue weighted by atomic mass is 10.00. The number of hydrogen-bond donors (Lipinski definition) is 0. The first kappa shape index (κ1) is 20.3. The predicted octanol–water partition coefficient (Wildman–Crippen LogP) is 4.55. The molecule has 0 saturated carbocycles. The number of likely N-dealkylation sites (tertiary alicyclic amines) is 1. The predicted molar refractivity (Wildman–Crippen MR) is 117 cm³/mol. The van der Waals surface area contributed by atoms with E-state index in [1.165, 1.54) is 0 Å². The molecule has 1 aliphatic rings. The summed E-state index contributed by atoms with van der Waals surface area (Å²) in [6, 6.07) is 15.3. The minimum Gasteiger partial charge on any atom is -0.451 e. The topological polar surface area (TPSA) is 64.4 Å². The van der Waals surface area contributed by atoms with Gasteiger partial charge in [-0.05, 0) is 49.3 Å². The number of aromatic nitrogens is 2.